The predicted molar refractivity (Wildman–Crippen MR) is 81.9 cm³/mol. The summed E-state index contributed by atoms with van der Waals surface area (Å²) in [5.74, 6) is 0.0923. The normalized spacial score (nSPS) is 20.7. The van der Waals surface area contributed by atoms with Gasteiger partial charge in [0.25, 0.3) is 0 Å². The minimum Gasteiger partial charge on any atom is -0.351 e. The van der Waals surface area contributed by atoms with Gasteiger partial charge in [-0.2, -0.15) is 0 Å². The smallest absolute Gasteiger partial charge is 0.240 e. The molecule has 1 unspecified atom stereocenters. The first-order chi connectivity index (χ1) is 9.94. The third-order valence-corrected chi connectivity index (χ3v) is 5.68. The maximum absolute atomic E-state index is 12.1. The van der Waals surface area contributed by atoms with Crippen LogP contribution < -0.4 is 5.32 Å². The Morgan fingerprint density at radius 3 is 2.86 bits per heavy atom. The van der Waals surface area contributed by atoms with Crippen LogP contribution in [0.15, 0.2) is 30.3 Å². The zero-order valence-corrected chi connectivity index (χ0v) is 12.7. The molecule has 0 bridgehead atoms. The van der Waals surface area contributed by atoms with Crippen LogP contribution in [0.25, 0.3) is 10.9 Å². The van der Waals surface area contributed by atoms with Gasteiger partial charge in [-0.1, -0.05) is 18.2 Å². The van der Waals surface area contributed by atoms with E-state index in [1.54, 1.807) is 0 Å². The zero-order valence-electron chi connectivity index (χ0n) is 11.9. The van der Waals surface area contributed by atoms with Crippen LogP contribution in [0.3, 0.4) is 0 Å². The summed E-state index contributed by atoms with van der Waals surface area (Å²) >= 11 is 0. The molecule has 21 heavy (non-hydrogen) atoms. The highest BCUT2D eigenvalue weighted by Crippen LogP contribution is 2.19. The fourth-order valence-corrected chi connectivity index (χ4v) is 4.56. The van der Waals surface area contributed by atoms with Crippen LogP contribution in [0.4, 0.5) is 0 Å². The van der Waals surface area contributed by atoms with Crippen LogP contribution in [0, 0.1) is 6.92 Å². The highest BCUT2D eigenvalue weighted by molar-refractivity contribution is 7.91. The van der Waals surface area contributed by atoms with E-state index in [0.717, 1.165) is 16.6 Å². The molecule has 1 aliphatic rings. The Hall–Kier alpha value is -1.82. The number of benzene rings is 1. The van der Waals surface area contributed by atoms with Crippen LogP contribution in [0.1, 0.15) is 12.1 Å². The number of nitrogens with one attached hydrogen (secondary N) is 1. The van der Waals surface area contributed by atoms with Gasteiger partial charge in [0.05, 0.1) is 11.5 Å². The number of hydrogen-bond acceptors (Lipinski definition) is 3. The van der Waals surface area contributed by atoms with Gasteiger partial charge in [-0.3, -0.25) is 4.79 Å². The number of carbonyl (C=O) groups is 1. The first-order valence-electron chi connectivity index (χ1n) is 6.99. The minimum atomic E-state index is -2.97. The summed E-state index contributed by atoms with van der Waals surface area (Å²) in [7, 11) is -2.97. The van der Waals surface area contributed by atoms with Crippen molar-refractivity contribution in [2.24, 2.45) is 0 Å². The van der Waals surface area contributed by atoms with Gasteiger partial charge in [-0.25, -0.2) is 8.42 Å². The van der Waals surface area contributed by atoms with E-state index in [2.05, 4.69) is 5.32 Å². The quantitative estimate of drug-likeness (QED) is 0.928. The van der Waals surface area contributed by atoms with Crippen molar-refractivity contribution in [3.8, 4) is 0 Å². The number of hydrogen-bond donors (Lipinski definition) is 1. The summed E-state index contributed by atoms with van der Waals surface area (Å²) in [6, 6.07) is 9.71. The number of aromatic nitrogens is 1. The van der Waals surface area contributed by atoms with Crippen molar-refractivity contribution in [3.05, 3.63) is 36.0 Å². The van der Waals surface area contributed by atoms with Gasteiger partial charge in [-0.05, 0) is 30.9 Å². The Labute approximate surface area is 123 Å². The molecule has 0 radical (unpaired) electrons. The molecule has 1 N–H and O–H groups in total. The summed E-state index contributed by atoms with van der Waals surface area (Å²) in [4.78, 5) is 12.1. The maximum atomic E-state index is 12.1. The molecule has 3 rings (SSSR count). The molecule has 1 saturated heterocycles. The van der Waals surface area contributed by atoms with Gasteiger partial charge in [0.2, 0.25) is 5.91 Å². The van der Waals surface area contributed by atoms with Crippen molar-refractivity contribution in [2.75, 3.05) is 11.5 Å². The molecular formula is C15H18N2O3S. The van der Waals surface area contributed by atoms with Crippen molar-refractivity contribution in [2.45, 2.75) is 25.9 Å². The zero-order chi connectivity index (χ0) is 15.0. The van der Waals surface area contributed by atoms with Crippen molar-refractivity contribution < 1.29 is 13.2 Å². The van der Waals surface area contributed by atoms with Crippen LogP contribution >= 0.6 is 0 Å². The molecule has 1 amide bonds. The lowest BCUT2D eigenvalue weighted by molar-refractivity contribution is -0.122. The molecule has 6 heteroatoms. The number of aryl methyl sites for hydroxylation is 1. The second-order valence-corrected chi connectivity index (χ2v) is 7.83. The molecule has 112 valence electrons. The van der Waals surface area contributed by atoms with Crippen molar-refractivity contribution in [1.29, 1.82) is 0 Å². The molecule has 2 heterocycles. The average molecular weight is 306 g/mol. The van der Waals surface area contributed by atoms with E-state index < -0.39 is 9.84 Å². The largest absolute Gasteiger partial charge is 0.351 e. The molecule has 1 aliphatic heterocycles. The SMILES string of the molecule is Cc1cc2ccccc2n1CC(=O)NC1CCS(=O)(=O)C1. The second-order valence-electron chi connectivity index (χ2n) is 5.60. The van der Waals surface area contributed by atoms with Gasteiger partial charge < -0.3 is 9.88 Å². The van der Waals surface area contributed by atoms with Gasteiger partial charge in [-0.15, -0.1) is 0 Å². The third kappa shape index (κ3) is 2.95. The molecule has 1 aromatic heterocycles. The molecule has 5 nitrogen and oxygen atoms in total. The lowest BCUT2D eigenvalue weighted by Gasteiger charge is -2.13. The molecule has 0 aliphatic carbocycles. The topological polar surface area (TPSA) is 68.2 Å². The molecule has 1 fully saturated rings. The number of rotatable bonds is 3. The Morgan fingerprint density at radius 1 is 1.38 bits per heavy atom. The Kier molecular flexibility index (Phi) is 3.49. The minimum absolute atomic E-state index is 0.0597. The highest BCUT2D eigenvalue weighted by atomic mass is 32.2. The molecule has 0 saturated carbocycles. The van der Waals surface area contributed by atoms with Gasteiger partial charge in [0.1, 0.15) is 6.54 Å². The monoisotopic (exact) mass is 306 g/mol. The number of nitrogens with zero attached hydrogens (tertiary/aromatic N) is 1. The first kappa shape index (κ1) is 14.1. The lowest BCUT2D eigenvalue weighted by Crippen LogP contribution is -2.37. The van der Waals surface area contributed by atoms with E-state index in [0.29, 0.717) is 6.42 Å². The molecule has 1 atom stereocenters. The summed E-state index contributed by atoms with van der Waals surface area (Å²) in [6.45, 7) is 2.18. The van der Waals surface area contributed by atoms with Gasteiger partial charge >= 0.3 is 0 Å². The van der Waals surface area contributed by atoms with Gasteiger partial charge in [0, 0.05) is 17.3 Å². The first-order valence-corrected chi connectivity index (χ1v) is 8.81. The lowest BCUT2D eigenvalue weighted by atomic mass is 10.2. The van der Waals surface area contributed by atoms with E-state index in [4.69, 9.17) is 0 Å². The fourth-order valence-electron chi connectivity index (χ4n) is 2.88. The van der Waals surface area contributed by atoms with E-state index in [-0.39, 0.29) is 30.0 Å². The number of amides is 1. The maximum Gasteiger partial charge on any atom is 0.240 e. The van der Waals surface area contributed by atoms with Crippen LogP contribution in [0.2, 0.25) is 0 Å². The van der Waals surface area contributed by atoms with E-state index in [1.165, 1.54) is 0 Å². The van der Waals surface area contributed by atoms with Crippen LogP contribution in [-0.2, 0) is 21.2 Å². The number of fused-ring (bicyclic) bond motifs is 1. The summed E-state index contributed by atoms with van der Waals surface area (Å²) in [5, 5.41) is 3.93. The second kappa shape index (κ2) is 5.18. The summed E-state index contributed by atoms with van der Waals surface area (Å²) < 4.78 is 24.8. The van der Waals surface area contributed by atoms with Crippen molar-refractivity contribution in [3.63, 3.8) is 0 Å². The molecule has 1 aromatic carbocycles. The molecular weight excluding hydrogens is 288 g/mol. The third-order valence-electron chi connectivity index (χ3n) is 3.92. The highest BCUT2D eigenvalue weighted by Gasteiger charge is 2.28. The van der Waals surface area contributed by atoms with Crippen LogP contribution in [0.5, 0.6) is 0 Å². The van der Waals surface area contributed by atoms with E-state index in [9.17, 15) is 13.2 Å². The number of para-hydroxylation sites is 1. The Balaban J connectivity index is 1.74. The van der Waals surface area contributed by atoms with E-state index in [1.807, 2.05) is 41.8 Å². The standard InChI is InChI=1S/C15H18N2O3S/c1-11-8-12-4-2-3-5-14(12)17(11)9-15(18)16-13-6-7-21(19,20)10-13/h2-5,8,13H,6-7,9-10H2,1H3,(H,16,18). The molecule has 2 aromatic rings. The predicted octanol–water partition coefficient (Wildman–Crippen LogP) is 1.25. The van der Waals surface area contributed by atoms with E-state index >= 15 is 0 Å². The molecule has 0 spiro atoms. The summed E-state index contributed by atoms with van der Waals surface area (Å²) in [5.41, 5.74) is 2.04. The Morgan fingerprint density at radius 2 is 2.14 bits per heavy atom. The van der Waals surface area contributed by atoms with Crippen LogP contribution in [-0.4, -0.2) is 36.4 Å². The van der Waals surface area contributed by atoms with Crippen molar-refractivity contribution in [1.82, 2.24) is 9.88 Å². The summed E-state index contributed by atoms with van der Waals surface area (Å²) in [6.07, 6.45) is 0.513. The number of carbonyl (C=O) groups excluding carboxylic acids is 1. The fraction of sp³-hybridized carbons (Fsp3) is 0.400. The number of sulfone groups is 1. The van der Waals surface area contributed by atoms with Gasteiger partial charge in [0.15, 0.2) is 9.84 Å². The van der Waals surface area contributed by atoms with Crippen molar-refractivity contribution >= 4 is 26.6 Å². The average Bonchev–Trinajstić information content (AvgIpc) is 2.90. The Bertz CT molecular complexity index is 792.